The van der Waals surface area contributed by atoms with E-state index in [1.165, 1.54) is 0 Å². The molecule has 4 rings (SSSR count). The molecule has 0 radical (unpaired) electrons. The SMILES string of the molecule is O=C(c1ccn2cnnc2c1)N1CCN(Cc2ccco2)C[C@@H](O)C1. The molecule has 8 heteroatoms. The van der Waals surface area contributed by atoms with Gasteiger partial charge in [-0.3, -0.25) is 14.1 Å². The van der Waals surface area contributed by atoms with Crippen molar-refractivity contribution in [3.05, 3.63) is 54.4 Å². The van der Waals surface area contributed by atoms with Gasteiger partial charge in [-0.1, -0.05) is 0 Å². The largest absolute Gasteiger partial charge is 0.468 e. The van der Waals surface area contributed by atoms with Gasteiger partial charge in [0.05, 0.1) is 18.9 Å². The first-order valence-electron chi connectivity index (χ1n) is 8.20. The minimum Gasteiger partial charge on any atom is -0.468 e. The van der Waals surface area contributed by atoms with Crippen LogP contribution in [0.4, 0.5) is 0 Å². The number of amides is 1. The Morgan fingerprint density at radius 2 is 2.24 bits per heavy atom. The van der Waals surface area contributed by atoms with E-state index in [0.717, 1.165) is 5.76 Å². The second-order valence-electron chi connectivity index (χ2n) is 6.23. The molecule has 3 aromatic heterocycles. The highest BCUT2D eigenvalue weighted by atomic mass is 16.3. The summed E-state index contributed by atoms with van der Waals surface area (Å²) in [6, 6.07) is 7.22. The Balaban J connectivity index is 1.47. The van der Waals surface area contributed by atoms with Gasteiger partial charge in [-0.2, -0.15) is 0 Å². The molecule has 1 amide bonds. The Hall–Kier alpha value is -2.71. The number of furan rings is 1. The number of carbonyl (C=O) groups excluding carboxylic acids is 1. The van der Waals surface area contributed by atoms with Crippen molar-refractivity contribution in [1.29, 1.82) is 0 Å². The molecule has 1 aliphatic rings. The summed E-state index contributed by atoms with van der Waals surface area (Å²) in [7, 11) is 0. The van der Waals surface area contributed by atoms with Crippen LogP contribution in [0.15, 0.2) is 47.5 Å². The summed E-state index contributed by atoms with van der Waals surface area (Å²) < 4.78 is 7.12. The Morgan fingerprint density at radius 1 is 1.32 bits per heavy atom. The molecule has 1 aliphatic heterocycles. The molecule has 25 heavy (non-hydrogen) atoms. The van der Waals surface area contributed by atoms with Crippen LogP contribution in [0, 0.1) is 0 Å². The smallest absolute Gasteiger partial charge is 0.254 e. The number of aliphatic hydroxyl groups is 1. The van der Waals surface area contributed by atoms with Crippen LogP contribution in [0.5, 0.6) is 0 Å². The van der Waals surface area contributed by atoms with Gasteiger partial charge in [0.15, 0.2) is 5.65 Å². The van der Waals surface area contributed by atoms with Crippen molar-refractivity contribution in [3.63, 3.8) is 0 Å². The molecule has 1 fully saturated rings. The number of rotatable bonds is 3. The van der Waals surface area contributed by atoms with E-state index in [1.54, 1.807) is 40.2 Å². The van der Waals surface area contributed by atoms with Gasteiger partial charge in [0, 0.05) is 37.9 Å². The minimum absolute atomic E-state index is 0.107. The number of hydrogen-bond donors (Lipinski definition) is 1. The van der Waals surface area contributed by atoms with Gasteiger partial charge in [-0.15, -0.1) is 10.2 Å². The number of carbonyl (C=O) groups is 1. The summed E-state index contributed by atoms with van der Waals surface area (Å²) in [4.78, 5) is 16.6. The molecule has 1 atom stereocenters. The quantitative estimate of drug-likeness (QED) is 0.752. The highest BCUT2D eigenvalue weighted by molar-refractivity contribution is 5.95. The molecule has 8 nitrogen and oxygen atoms in total. The molecule has 0 spiro atoms. The lowest BCUT2D eigenvalue weighted by atomic mass is 10.2. The molecule has 0 unspecified atom stereocenters. The molecule has 0 aliphatic carbocycles. The van der Waals surface area contributed by atoms with E-state index >= 15 is 0 Å². The van der Waals surface area contributed by atoms with Crippen LogP contribution in [0.25, 0.3) is 5.65 Å². The molecule has 3 aromatic rings. The molecule has 0 aromatic carbocycles. The normalized spacial score (nSPS) is 19.2. The summed E-state index contributed by atoms with van der Waals surface area (Å²) in [6.07, 6.45) is 4.39. The fourth-order valence-corrected chi connectivity index (χ4v) is 3.14. The highest BCUT2D eigenvalue weighted by Crippen LogP contribution is 2.13. The molecule has 130 valence electrons. The van der Waals surface area contributed by atoms with E-state index in [0.29, 0.717) is 43.9 Å². The van der Waals surface area contributed by atoms with E-state index in [1.807, 2.05) is 12.1 Å². The van der Waals surface area contributed by atoms with Crippen molar-refractivity contribution in [2.24, 2.45) is 0 Å². The van der Waals surface area contributed by atoms with E-state index in [4.69, 9.17) is 4.42 Å². The Kier molecular flexibility index (Phi) is 4.21. The minimum atomic E-state index is -0.599. The average molecular weight is 341 g/mol. The van der Waals surface area contributed by atoms with Crippen LogP contribution in [0.1, 0.15) is 16.1 Å². The third-order valence-electron chi connectivity index (χ3n) is 4.38. The van der Waals surface area contributed by atoms with Gasteiger partial charge in [-0.05, 0) is 24.3 Å². The maximum absolute atomic E-state index is 12.8. The van der Waals surface area contributed by atoms with Crippen LogP contribution in [0.3, 0.4) is 0 Å². The number of nitrogens with zero attached hydrogens (tertiary/aromatic N) is 5. The first kappa shape index (κ1) is 15.8. The summed E-state index contributed by atoms with van der Waals surface area (Å²) in [6.45, 7) is 2.67. The number of β-amino-alcohol motifs (C(OH)–C–C–N with tert-alkyl or cyclic N) is 1. The zero-order chi connectivity index (χ0) is 17.2. The highest BCUT2D eigenvalue weighted by Gasteiger charge is 2.25. The fourth-order valence-electron chi connectivity index (χ4n) is 3.14. The van der Waals surface area contributed by atoms with Crippen molar-refractivity contribution in [2.45, 2.75) is 12.6 Å². The summed E-state index contributed by atoms with van der Waals surface area (Å²) in [5.41, 5.74) is 1.17. The van der Waals surface area contributed by atoms with Crippen LogP contribution in [-0.4, -0.2) is 67.7 Å². The molecule has 0 bridgehead atoms. The van der Waals surface area contributed by atoms with E-state index < -0.39 is 6.10 Å². The molecule has 1 N–H and O–H groups in total. The Labute approximate surface area is 144 Å². The maximum Gasteiger partial charge on any atom is 0.254 e. The van der Waals surface area contributed by atoms with Gasteiger partial charge >= 0.3 is 0 Å². The number of aliphatic hydroxyl groups excluding tert-OH is 1. The van der Waals surface area contributed by atoms with Gasteiger partial charge < -0.3 is 14.4 Å². The monoisotopic (exact) mass is 341 g/mol. The summed E-state index contributed by atoms with van der Waals surface area (Å²) >= 11 is 0. The topological polar surface area (TPSA) is 87.1 Å². The predicted octanol–water partition coefficient (Wildman–Crippen LogP) is 0.641. The molecule has 4 heterocycles. The van der Waals surface area contributed by atoms with Gasteiger partial charge in [-0.25, -0.2) is 0 Å². The van der Waals surface area contributed by atoms with Crippen LogP contribution in [0.2, 0.25) is 0 Å². The lowest BCUT2D eigenvalue weighted by Gasteiger charge is -2.21. The molecular formula is C17H19N5O3. The standard InChI is InChI=1S/C17H19N5O3/c23-14-9-20(11-15-2-1-7-25-15)5-6-21(10-14)17(24)13-3-4-22-12-18-19-16(22)8-13/h1-4,7-8,12,14,23H,5-6,9-11H2/t14-/m1/s1. The Morgan fingerprint density at radius 3 is 3.08 bits per heavy atom. The van der Waals surface area contributed by atoms with E-state index in [-0.39, 0.29) is 5.91 Å². The van der Waals surface area contributed by atoms with E-state index in [2.05, 4.69) is 15.1 Å². The van der Waals surface area contributed by atoms with E-state index in [9.17, 15) is 9.90 Å². The summed E-state index contributed by atoms with van der Waals surface area (Å²) in [5, 5.41) is 18.1. The van der Waals surface area contributed by atoms with Crippen LogP contribution >= 0.6 is 0 Å². The lowest BCUT2D eigenvalue weighted by Crippen LogP contribution is -2.37. The third-order valence-corrected chi connectivity index (χ3v) is 4.38. The number of pyridine rings is 1. The van der Waals surface area contributed by atoms with Crippen LogP contribution in [-0.2, 0) is 6.54 Å². The second-order valence-corrected chi connectivity index (χ2v) is 6.23. The average Bonchev–Trinajstić information content (AvgIpc) is 3.24. The number of hydrogen-bond acceptors (Lipinski definition) is 6. The zero-order valence-corrected chi connectivity index (χ0v) is 13.7. The molecular weight excluding hydrogens is 322 g/mol. The van der Waals surface area contributed by atoms with Crippen molar-refractivity contribution < 1.29 is 14.3 Å². The van der Waals surface area contributed by atoms with Crippen molar-refractivity contribution in [1.82, 2.24) is 24.4 Å². The predicted molar refractivity (Wildman–Crippen MR) is 88.9 cm³/mol. The first-order valence-corrected chi connectivity index (χ1v) is 8.20. The second kappa shape index (κ2) is 6.66. The van der Waals surface area contributed by atoms with Gasteiger partial charge in [0.2, 0.25) is 0 Å². The van der Waals surface area contributed by atoms with Crippen molar-refractivity contribution in [3.8, 4) is 0 Å². The lowest BCUT2D eigenvalue weighted by molar-refractivity contribution is 0.0662. The van der Waals surface area contributed by atoms with Crippen molar-refractivity contribution in [2.75, 3.05) is 26.2 Å². The maximum atomic E-state index is 12.8. The first-order chi connectivity index (χ1) is 12.2. The number of aromatic nitrogens is 3. The zero-order valence-electron chi connectivity index (χ0n) is 13.7. The molecule has 1 saturated heterocycles. The van der Waals surface area contributed by atoms with Crippen molar-refractivity contribution >= 4 is 11.6 Å². The third kappa shape index (κ3) is 3.40. The number of fused-ring (bicyclic) bond motifs is 1. The van der Waals surface area contributed by atoms with Gasteiger partial charge in [0.1, 0.15) is 12.1 Å². The summed E-state index contributed by atoms with van der Waals surface area (Å²) in [5.74, 6) is 0.744. The molecule has 0 saturated carbocycles. The van der Waals surface area contributed by atoms with Gasteiger partial charge in [0.25, 0.3) is 5.91 Å². The Bertz CT molecular complexity index is 860. The fraction of sp³-hybridized carbons (Fsp3) is 0.353. The van der Waals surface area contributed by atoms with Crippen LogP contribution < -0.4 is 0 Å².